The van der Waals surface area contributed by atoms with Crippen LogP contribution in [0.3, 0.4) is 0 Å². The van der Waals surface area contributed by atoms with Gasteiger partial charge in [0, 0.05) is 6.20 Å². The highest BCUT2D eigenvalue weighted by atomic mass is 16.3. The van der Waals surface area contributed by atoms with Gasteiger partial charge in [-0.1, -0.05) is 48.5 Å². The van der Waals surface area contributed by atoms with E-state index in [9.17, 15) is 10.2 Å². The summed E-state index contributed by atoms with van der Waals surface area (Å²) in [6, 6.07) is 22.2. The molecule has 116 valence electrons. The summed E-state index contributed by atoms with van der Waals surface area (Å²) in [6.07, 6.45) is 1.73. The second-order valence-corrected chi connectivity index (χ2v) is 5.79. The van der Waals surface area contributed by atoms with E-state index in [-0.39, 0.29) is 11.7 Å². The van der Waals surface area contributed by atoms with E-state index in [0.29, 0.717) is 0 Å². The average Bonchev–Trinajstić information content (AvgIpc) is 2.57. The van der Waals surface area contributed by atoms with Gasteiger partial charge < -0.3 is 10.2 Å². The molecule has 0 saturated heterocycles. The van der Waals surface area contributed by atoms with Gasteiger partial charge in [-0.2, -0.15) is 0 Å². The third kappa shape index (κ3) is 3.10. The molecule has 0 aliphatic carbocycles. The first-order valence-corrected chi connectivity index (χ1v) is 7.57. The molecule has 0 radical (unpaired) electrons. The van der Waals surface area contributed by atoms with E-state index in [0.717, 1.165) is 16.8 Å². The molecule has 3 heteroatoms. The minimum atomic E-state index is -1.16. The lowest BCUT2D eigenvalue weighted by Crippen LogP contribution is -2.31. The SMILES string of the molecule is C[C@](O)(c1ccc(O)cc1)[C@@H](c1ccccc1)c1ccccn1. The van der Waals surface area contributed by atoms with Crippen LogP contribution in [0.4, 0.5) is 0 Å². The van der Waals surface area contributed by atoms with Gasteiger partial charge in [0.25, 0.3) is 0 Å². The summed E-state index contributed by atoms with van der Waals surface area (Å²) in [5.41, 5.74) is 1.36. The van der Waals surface area contributed by atoms with Crippen molar-refractivity contribution in [2.24, 2.45) is 0 Å². The number of phenols is 1. The summed E-state index contributed by atoms with van der Waals surface area (Å²) in [6.45, 7) is 1.78. The minimum Gasteiger partial charge on any atom is -0.508 e. The van der Waals surface area contributed by atoms with Gasteiger partial charge in [0.1, 0.15) is 5.75 Å². The number of pyridine rings is 1. The zero-order chi connectivity index (χ0) is 16.3. The number of hydrogen-bond donors (Lipinski definition) is 2. The normalized spacial score (nSPS) is 14.9. The molecule has 0 fully saturated rings. The highest BCUT2D eigenvalue weighted by Crippen LogP contribution is 2.41. The summed E-state index contributed by atoms with van der Waals surface area (Å²) in [5, 5.41) is 20.8. The molecule has 0 bridgehead atoms. The molecule has 0 aliphatic rings. The average molecular weight is 305 g/mol. The third-order valence-electron chi connectivity index (χ3n) is 4.13. The molecule has 3 rings (SSSR count). The molecule has 2 atom stereocenters. The molecule has 3 aromatic rings. The van der Waals surface area contributed by atoms with Crippen molar-refractivity contribution in [1.29, 1.82) is 0 Å². The largest absolute Gasteiger partial charge is 0.508 e. The van der Waals surface area contributed by atoms with Crippen molar-refractivity contribution in [3.8, 4) is 5.75 Å². The van der Waals surface area contributed by atoms with Gasteiger partial charge in [-0.15, -0.1) is 0 Å². The molecule has 0 spiro atoms. The van der Waals surface area contributed by atoms with Crippen molar-refractivity contribution >= 4 is 0 Å². The maximum atomic E-state index is 11.3. The van der Waals surface area contributed by atoms with Gasteiger partial charge in [0.2, 0.25) is 0 Å². The van der Waals surface area contributed by atoms with E-state index in [1.54, 1.807) is 37.4 Å². The van der Waals surface area contributed by atoms with Crippen molar-refractivity contribution in [2.75, 3.05) is 0 Å². The lowest BCUT2D eigenvalue weighted by Gasteiger charge is -2.33. The van der Waals surface area contributed by atoms with Crippen LogP contribution in [0, 0.1) is 0 Å². The zero-order valence-corrected chi connectivity index (χ0v) is 12.9. The van der Waals surface area contributed by atoms with E-state index in [2.05, 4.69) is 4.98 Å². The van der Waals surface area contributed by atoms with Crippen molar-refractivity contribution in [2.45, 2.75) is 18.4 Å². The number of benzene rings is 2. The van der Waals surface area contributed by atoms with Gasteiger partial charge >= 0.3 is 0 Å². The number of hydrogen-bond acceptors (Lipinski definition) is 3. The molecular formula is C20H19NO2. The zero-order valence-electron chi connectivity index (χ0n) is 12.9. The second-order valence-electron chi connectivity index (χ2n) is 5.79. The summed E-state index contributed by atoms with van der Waals surface area (Å²) < 4.78 is 0. The fraction of sp³-hybridized carbons (Fsp3) is 0.150. The number of nitrogens with zero attached hydrogens (tertiary/aromatic N) is 1. The lowest BCUT2D eigenvalue weighted by atomic mass is 9.76. The van der Waals surface area contributed by atoms with Crippen LogP contribution in [-0.2, 0) is 5.60 Å². The topological polar surface area (TPSA) is 53.4 Å². The second kappa shape index (κ2) is 6.23. The Morgan fingerprint density at radius 1 is 0.870 bits per heavy atom. The summed E-state index contributed by atoms with van der Waals surface area (Å²) in [4.78, 5) is 4.46. The molecule has 0 amide bonds. The van der Waals surface area contributed by atoms with E-state index < -0.39 is 5.60 Å². The monoisotopic (exact) mass is 305 g/mol. The molecule has 3 nitrogen and oxygen atoms in total. The number of aromatic hydroxyl groups is 1. The van der Waals surface area contributed by atoms with E-state index in [4.69, 9.17) is 0 Å². The Hall–Kier alpha value is -2.65. The fourth-order valence-electron chi connectivity index (χ4n) is 2.94. The third-order valence-corrected chi connectivity index (χ3v) is 4.13. The van der Waals surface area contributed by atoms with E-state index >= 15 is 0 Å². The molecule has 1 aromatic heterocycles. The Kier molecular flexibility index (Phi) is 4.13. The predicted molar refractivity (Wildman–Crippen MR) is 90.2 cm³/mol. The van der Waals surface area contributed by atoms with Gasteiger partial charge in [0.05, 0.1) is 17.2 Å². The highest BCUT2D eigenvalue weighted by Gasteiger charge is 2.36. The smallest absolute Gasteiger partial charge is 0.115 e. The maximum absolute atomic E-state index is 11.3. The van der Waals surface area contributed by atoms with Crippen LogP contribution in [0.1, 0.15) is 29.7 Å². The summed E-state index contributed by atoms with van der Waals surface area (Å²) in [5.74, 6) is -0.131. The molecule has 0 saturated carbocycles. The van der Waals surface area contributed by atoms with Crippen LogP contribution in [-0.4, -0.2) is 15.2 Å². The Morgan fingerprint density at radius 2 is 1.52 bits per heavy atom. The van der Waals surface area contributed by atoms with Gasteiger partial charge in [0.15, 0.2) is 0 Å². The number of phenolic OH excluding ortho intramolecular Hbond substituents is 1. The minimum absolute atomic E-state index is 0.179. The van der Waals surface area contributed by atoms with Gasteiger partial charge in [-0.05, 0) is 42.3 Å². The number of rotatable bonds is 4. The number of aliphatic hydroxyl groups is 1. The fourth-order valence-corrected chi connectivity index (χ4v) is 2.94. The summed E-state index contributed by atoms with van der Waals surface area (Å²) in [7, 11) is 0. The van der Waals surface area contributed by atoms with Crippen LogP contribution in [0.2, 0.25) is 0 Å². The van der Waals surface area contributed by atoms with E-state index in [1.165, 1.54) is 0 Å². The van der Waals surface area contributed by atoms with Crippen molar-refractivity contribution in [1.82, 2.24) is 4.98 Å². The Labute approximate surface area is 135 Å². The molecule has 23 heavy (non-hydrogen) atoms. The molecule has 1 heterocycles. The molecule has 0 unspecified atom stereocenters. The quantitative estimate of drug-likeness (QED) is 0.770. The Morgan fingerprint density at radius 3 is 2.13 bits per heavy atom. The highest BCUT2D eigenvalue weighted by molar-refractivity contribution is 5.38. The van der Waals surface area contributed by atoms with E-state index in [1.807, 2.05) is 48.5 Å². The predicted octanol–water partition coefficient (Wildman–Crippen LogP) is 3.83. The summed E-state index contributed by atoms with van der Waals surface area (Å²) >= 11 is 0. The van der Waals surface area contributed by atoms with Crippen LogP contribution in [0.5, 0.6) is 5.75 Å². The standard InChI is InChI=1S/C20H19NO2/c1-20(23,16-10-12-17(22)13-11-16)19(15-7-3-2-4-8-15)18-9-5-6-14-21-18/h2-14,19,22-23H,1H3/t19-,20-/m0/s1. The van der Waals surface area contributed by atoms with Crippen LogP contribution in [0.25, 0.3) is 0 Å². The Bertz CT molecular complexity index is 713. The molecular weight excluding hydrogens is 286 g/mol. The van der Waals surface area contributed by atoms with Crippen LogP contribution < -0.4 is 0 Å². The molecule has 2 N–H and O–H groups in total. The maximum Gasteiger partial charge on any atom is 0.115 e. The van der Waals surface area contributed by atoms with Crippen molar-refractivity contribution in [3.63, 3.8) is 0 Å². The molecule has 2 aromatic carbocycles. The Balaban J connectivity index is 2.13. The van der Waals surface area contributed by atoms with Crippen molar-refractivity contribution < 1.29 is 10.2 Å². The first-order valence-electron chi connectivity index (χ1n) is 7.57. The van der Waals surface area contributed by atoms with Gasteiger partial charge in [-0.25, -0.2) is 0 Å². The lowest BCUT2D eigenvalue weighted by molar-refractivity contribution is 0.0380. The first kappa shape index (κ1) is 15.3. The molecule has 0 aliphatic heterocycles. The van der Waals surface area contributed by atoms with Gasteiger partial charge in [-0.3, -0.25) is 4.98 Å². The first-order chi connectivity index (χ1) is 11.1. The van der Waals surface area contributed by atoms with Crippen molar-refractivity contribution in [3.05, 3.63) is 95.8 Å². The van der Waals surface area contributed by atoms with Crippen LogP contribution >= 0.6 is 0 Å². The number of aromatic nitrogens is 1. The van der Waals surface area contributed by atoms with Crippen LogP contribution in [0.15, 0.2) is 79.0 Å².